The van der Waals surface area contributed by atoms with Crippen molar-refractivity contribution >= 4 is 21.7 Å². The molecule has 2 atom stereocenters. The largest absolute Gasteiger partial charge is 0.335 e. The molecule has 1 aromatic heterocycles. The normalized spacial score (nSPS) is 28.0. The number of amides is 2. The van der Waals surface area contributed by atoms with Gasteiger partial charge in [0.25, 0.3) is 5.91 Å². The Morgan fingerprint density at radius 1 is 1.20 bits per heavy atom. The van der Waals surface area contributed by atoms with Crippen LogP contribution >= 0.6 is 0 Å². The number of carbonyl (C=O) groups excluding carboxylic acids is 2. The van der Waals surface area contributed by atoms with Gasteiger partial charge < -0.3 is 9.80 Å². The Kier molecular flexibility index (Phi) is 3.86. The molecule has 2 amide bonds. The van der Waals surface area contributed by atoms with E-state index in [4.69, 9.17) is 0 Å². The van der Waals surface area contributed by atoms with Crippen molar-refractivity contribution in [2.75, 3.05) is 24.6 Å². The fourth-order valence-corrected chi connectivity index (χ4v) is 5.90. The zero-order chi connectivity index (χ0) is 17.8. The van der Waals surface area contributed by atoms with E-state index in [1.807, 2.05) is 0 Å². The van der Waals surface area contributed by atoms with Crippen molar-refractivity contribution in [3.63, 3.8) is 0 Å². The van der Waals surface area contributed by atoms with Gasteiger partial charge in [0.05, 0.1) is 23.6 Å². The molecule has 0 radical (unpaired) electrons. The molecule has 0 spiro atoms. The van der Waals surface area contributed by atoms with Crippen LogP contribution < -0.4 is 0 Å². The van der Waals surface area contributed by atoms with Gasteiger partial charge in [0.15, 0.2) is 9.84 Å². The van der Waals surface area contributed by atoms with Gasteiger partial charge in [0.2, 0.25) is 5.91 Å². The smallest absolute Gasteiger partial charge is 0.274 e. The summed E-state index contributed by atoms with van der Waals surface area (Å²) < 4.78 is 24.3. The summed E-state index contributed by atoms with van der Waals surface area (Å²) in [5.41, 5.74) is 1.30. The summed E-state index contributed by atoms with van der Waals surface area (Å²) in [4.78, 5) is 28.3. The number of hydrogen-bond acceptors (Lipinski definition) is 5. The Morgan fingerprint density at radius 2 is 1.84 bits per heavy atom. The van der Waals surface area contributed by atoms with Gasteiger partial charge in [0, 0.05) is 31.1 Å². The lowest BCUT2D eigenvalue weighted by atomic mass is 10.0. The predicted molar refractivity (Wildman–Crippen MR) is 89.8 cm³/mol. The van der Waals surface area contributed by atoms with Crippen LogP contribution in [0.3, 0.4) is 0 Å². The lowest BCUT2D eigenvalue weighted by Gasteiger charge is -2.43. The molecule has 9 heteroatoms. The Hall–Kier alpha value is -1.90. The van der Waals surface area contributed by atoms with Crippen molar-refractivity contribution < 1.29 is 18.0 Å². The molecule has 1 aromatic rings. The molecule has 8 nitrogen and oxygen atoms in total. The maximum Gasteiger partial charge on any atom is 0.274 e. The van der Waals surface area contributed by atoms with Crippen molar-refractivity contribution in [3.8, 4) is 0 Å². The second-order valence-electron chi connectivity index (χ2n) is 7.13. The minimum Gasteiger partial charge on any atom is -0.335 e. The molecule has 25 heavy (non-hydrogen) atoms. The zero-order valence-corrected chi connectivity index (χ0v) is 15.0. The summed E-state index contributed by atoms with van der Waals surface area (Å²) in [6, 6.07) is 0.849. The average molecular weight is 366 g/mol. The van der Waals surface area contributed by atoms with Gasteiger partial charge in [-0.05, 0) is 18.9 Å². The lowest BCUT2D eigenvalue weighted by Crippen LogP contribution is -2.61. The number of piperazine rings is 1. The van der Waals surface area contributed by atoms with Crippen molar-refractivity contribution in [2.45, 2.75) is 44.2 Å². The van der Waals surface area contributed by atoms with Crippen molar-refractivity contribution in [1.82, 2.24) is 20.0 Å². The molecule has 1 N–H and O–H groups in total. The summed E-state index contributed by atoms with van der Waals surface area (Å²) in [6.07, 6.45) is 2.55. The van der Waals surface area contributed by atoms with E-state index in [1.165, 1.54) is 0 Å². The molecule has 3 aliphatic rings. The number of nitrogens with zero attached hydrogens (tertiary/aromatic N) is 3. The number of fused-ring (bicyclic) bond motifs is 1. The fourth-order valence-electron chi connectivity index (χ4n) is 3.91. The molecule has 0 aromatic carbocycles. The monoisotopic (exact) mass is 366 g/mol. The molecule has 3 fully saturated rings. The van der Waals surface area contributed by atoms with Crippen LogP contribution in [-0.4, -0.2) is 76.9 Å². The number of sulfone groups is 1. The van der Waals surface area contributed by atoms with Gasteiger partial charge in [-0.25, -0.2) is 8.42 Å². The van der Waals surface area contributed by atoms with E-state index >= 15 is 0 Å². The van der Waals surface area contributed by atoms with Crippen LogP contribution in [0, 0.1) is 0 Å². The maximum absolute atomic E-state index is 12.9. The average Bonchev–Trinajstić information content (AvgIpc) is 3.21. The third-order valence-corrected chi connectivity index (χ3v) is 7.09. The zero-order valence-electron chi connectivity index (χ0n) is 14.1. The maximum atomic E-state index is 12.9. The molecule has 1 aliphatic carbocycles. The summed E-state index contributed by atoms with van der Waals surface area (Å²) in [7, 11) is -3.27. The number of aromatic nitrogens is 2. The van der Waals surface area contributed by atoms with Gasteiger partial charge in [-0.15, -0.1) is 0 Å². The van der Waals surface area contributed by atoms with E-state index in [1.54, 1.807) is 22.8 Å². The number of aromatic amines is 1. The molecule has 4 rings (SSSR count). The number of rotatable bonds is 3. The molecule has 0 unspecified atom stereocenters. The van der Waals surface area contributed by atoms with Crippen molar-refractivity contribution in [3.05, 3.63) is 17.5 Å². The van der Waals surface area contributed by atoms with Crippen LogP contribution in [0.2, 0.25) is 0 Å². The summed E-state index contributed by atoms with van der Waals surface area (Å²) in [6.45, 7) is 2.48. The molecule has 1 saturated carbocycles. The second kappa shape index (κ2) is 5.82. The number of carbonyl (C=O) groups is 2. The SMILES string of the molecule is CCC(=O)N1CCN(C(=O)c2cc(C3CC3)[nH]n2)[C@@H]2CS(=O)(=O)C[C@@H]21. The first-order chi connectivity index (χ1) is 11.9. The molecule has 2 aliphatic heterocycles. The topological polar surface area (TPSA) is 103 Å². The second-order valence-corrected chi connectivity index (χ2v) is 9.29. The third kappa shape index (κ3) is 2.94. The first kappa shape index (κ1) is 16.6. The van der Waals surface area contributed by atoms with Crippen LogP contribution in [0.15, 0.2) is 6.07 Å². The van der Waals surface area contributed by atoms with Crippen molar-refractivity contribution in [1.29, 1.82) is 0 Å². The Balaban J connectivity index is 1.59. The van der Waals surface area contributed by atoms with Crippen LogP contribution in [0.5, 0.6) is 0 Å². The molecule has 0 bridgehead atoms. The summed E-state index contributed by atoms with van der Waals surface area (Å²) in [5.74, 6) is -0.000698. The molecular weight excluding hydrogens is 344 g/mol. The molecule has 136 valence electrons. The van der Waals surface area contributed by atoms with Gasteiger partial charge in [-0.1, -0.05) is 6.92 Å². The highest BCUT2D eigenvalue weighted by Gasteiger charge is 2.49. The Morgan fingerprint density at radius 3 is 2.48 bits per heavy atom. The molecule has 3 heterocycles. The lowest BCUT2D eigenvalue weighted by molar-refractivity contribution is -0.135. The molecule has 2 saturated heterocycles. The van der Waals surface area contributed by atoms with Crippen molar-refractivity contribution in [2.24, 2.45) is 0 Å². The third-order valence-electron chi connectivity index (χ3n) is 5.39. The van der Waals surface area contributed by atoms with E-state index < -0.39 is 21.9 Å². The standard InChI is InChI=1S/C16H22N4O4S/c1-2-15(21)19-5-6-20(14-9-25(23,24)8-13(14)19)16(22)12-7-11(17-18-12)10-3-4-10/h7,10,13-14H,2-6,8-9H2,1H3,(H,17,18)/t13-,14+/m0/s1. The number of H-pyrrole nitrogens is 1. The number of nitrogens with one attached hydrogen (secondary N) is 1. The highest BCUT2D eigenvalue weighted by molar-refractivity contribution is 7.91. The van der Waals surface area contributed by atoms with E-state index in [-0.39, 0.29) is 23.3 Å². The van der Waals surface area contributed by atoms with Crippen LogP contribution in [0.1, 0.15) is 48.3 Å². The highest BCUT2D eigenvalue weighted by atomic mass is 32.2. The minimum atomic E-state index is -3.27. The predicted octanol–water partition coefficient (Wildman–Crippen LogP) is 0.147. The van der Waals surface area contributed by atoms with E-state index in [9.17, 15) is 18.0 Å². The van der Waals surface area contributed by atoms with Gasteiger partial charge in [0.1, 0.15) is 5.69 Å². The summed E-state index contributed by atoms with van der Waals surface area (Å²) in [5, 5.41) is 7.05. The Labute approximate surface area is 146 Å². The van der Waals surface area contributed by atoms with E-state index in [2.05, 4.69) is 10.2 Å². The highest BCUT2D eigenvalue weighted by Crippen LogP contribution is 2.39. The first-order valence-corrected chi connectivity index (χ1v) is 10.6. The minimum absolute atomic E-state index is 0.0602. The van der Waals surface area contributed by atoms with Gasteiger partial charge in [-0.3, -0.25) is 14.7 Å². The van der Waals surface area contributed by atoms with E-state index in [0.29, 0.717) is 31.1 Å². The first-order valence-electron chi connectivity index (χ1n) is 8.76. The van der Waals surface area contributed by atoms with Crippen LogP contribution in [-0.2, 0) is 14.6 Å². The van der Waals surface area contributed by atoms with Crippen LogP contribution in [0.25, 0.3) is 0 Å². The summed E-state index contributed by atoms with van der Waals surface area (Å²) >= 11 is 0. The van der Waals surface area contributed by atoms with Gasteiger partial charge >= 0.3 is 0 Å². The van der Waals surface area contributed by atoms with Crippen LogP contribution in [0.4, 0.5) is 0 Å². The quantitative estimate of drug-likeness (QED) is 0.820. The fraction of sp³-hybridized carbons (Fsp3) is 0.688. The van der Waals surface area contributed by atoms with E-state index in [0.717, 1.165) is 18.5 Å². The number of hydrogen-bond donors (Lipinski definition) is 1. The molecular formula is C16H22N4O4S. The Bertz CT molecular complexity index is 814. The van der Waals surface area contributed by atoms with Gasteiger partial charge in [-0.2, -0.15) is 5.10 Å².